The molecule has 5 nitrogen and oxygen atoms in total. The second-order valence-corrected chi connectivity index (χ2v) is 5.45. The van der Waals surface area contributed by atoms with E-state index in [1.54, 1.807) is 19.1 Å². The maximum absolute atomic E-state index is 11.9. The monoisotopic (exact) mass is 264 g/mol. The van der Waals surface area contributed by atoms with Crippen molar-refractivity contribution in [1.29, 1.82) is 0 Å². The van der Waals surface area contributed by atoms with Crippen molar-refractivity contribution >= 4 is 11.8 Å². The molecule has 1 unspecified atom stereocenters. The summed E-state index contributed by atoms with van der Waals surface area (Å²) in [4.78, 5) is 23.7. The Bertz CT molecular complexity index is 478. The Morgan fingerprint density at radius 1 is 1.21 bits per heavy atom. The summed E-state index contributed by atoms with van der Waals surface area (Å²) < 4.78 is 0. The minimum Gasteiger partial charge on any atom is -0.507 e. The first-order valence-electron chi connectivity index (χ1n) is 6.11. The molecule has 0 fully saturated rings. The molecule has 0 aliphatic carbocycles. The average molecular weight is 264 g/mol. The van der Waals surface area contributed by atoms with E-state index in [9.17, 15) is 14.7 Å². The summed E-state index contributed by atoms with van der Waals surface area (Å²) in [6.45, 7) is 7.19. The topological polar surface area (TPSA) is 78.4 Å². The summed E-state index contributed by atoms with van der Waals surface area (Å²) in [5.41, 5.74) is -0.205. The molecular weight excluding hydrogens is 244 g/mol. The van der Waals surface area contributed by atoms with Gasteiger partial charge in [-0.25, -0.2) is 0 Å². The Labute approximate surface area is 113 Å². The van der Waals surface area contributed by atoms with E-state index in [1.165, 1.54) is 12.1 Å². The first kappa shape index (κ1) is 15.0. The molecule has 1 aromatic carbocycles. The molecule has 1 aromatic rings. The summed E-state index contributed by atoms with van der Waals surface area (Å²) in [6.07, 6.45) is 0. The van der Waals surface area contributed by atoms with Crippen LogP contribution < -0.4 is 10.6 Å². The summed E-state index contributed by atoms with van der Waals surface area (Å²) in [5.74, 6) is -0.852. The van der Waals surface area contributed by atoms with Gasteiger partial charge in [0.2, 0.25) is 5.91 Å². The highest BCUT2D eigenvalue weighted by molar-refractivity contribution is 5.99. The van der Waals surface area contributed by atoms with Crippen LogP contribution in [0.25, 0.3) is 0 Å². The second-order valence-electron chi connectivity index (χ2n) is 5.45. The zero-order chi connectivity index (χ0) is 14.6. The number of phenolic OH excluding ortho intramolecular Hbond substituents is 1. The van der Waals surface area contributed by atoms with Crippen LogP contribution in [0, 0.1) is 0 Å². The fourth-order valence-electron chi connectivity index (χ4n) is 1.48. The third-order valence-corrected chi connectivity index (χ3v) is 2.39. The molecular formula is C14H20N2O3. The van der Waals surface area contributed by atoms with Crippen LogP contribution in [0.15, 0.2) is 24.3 Å². The highest BCUT2D eigenvalue weighted by atomic mass is 16.3. The van der Waals surface area contributed by atoms with Gasteiger partial charge in [-0.2, -0.15) is 0 Å². The maximum atomic E-state index is 11.9. The van der Waals surface area contributed by atoms with Gasteiger partial charge in [0.25, 0.3) is 5.91 Å². The van der Waals surface area contributed by atoms with Gasteiger partial charge in [-0.05, 0) is 39.8 Å². The maximum Gasteiger partial charge on any atom is 0.255 e. The highest BCUT2D eigenvalue weighted by Gasteiger charge is 2.21. The fourth-order valence-corrected chi connectivity index (χ4v) is 1.48. The number of hydrogen-bond donors (Lipinski definition) is 3. The predicted molar refractivity (Wildman–Crippen MR) is 72.9 cm³/mol. The van der Waals surface area contributed by atoms with Crippen LogP contribution in [0.1, 0.15) is 38.1 Å². The summed E-state index contributed by atoms with van der Waals surface area (Å²) in [7, 11) is 0. The minimum absolute atomic E-state index is 0.108. The first-order chi connectivity index (χ1) is 8.70. The number of carbonyl (C=O) groups is 2. The van der Waals surface area contributed by atoms with Gasteiger partial charge in [-0.3, -0.25) is 9.59 Å². The first-order valence-corrected chi connectivity index (χ1v) is 6.11. The lowest BCUT2D eigenvalue weighted by atomic mass is 10.1. The number of phenols is 1. The SMILES string of the molecule is CC(NC(=O)c1ccccc1O)C(=O)NC(C)(C)C. The van der Waals surface area contributed by atoms with Crippen LogP contribution in [0.4, 0.5) is 0 Å². The number of benzene rings is 1. The lowest BCUT2D eigenvalue weighted by molar-refractivity contribution is -0.124. The molecule has 0 saturated heterocycles. The molecule has 0 radical (unpaired) electrons. The van der Waals surface area contributed by atoms with Gasteiger partial charge in [0, 0.05) is 5.54 Å². The fraction of sp³-hybridized carbons (Fsp3) is 0.429. The molecule has 2 amide bonds. The van der Waals surface area contributed by atoms with E-state index >= 15 is 0 Å². The number of hydrogen-bond acceptors (Lipinski definition) is 3. The Morgan fingerprint density at radius 2 is 1.79 bits per heavy atom. The minimum atomic E-state index is -0.675. The Balaban J connectivity index is 2.67. The van der Waals surface area contributed by atoms with Crippen molar-refractivity contribution in [3.05, 3.63) is 29.8 Å². The standard InChI is InChI=1S/C14H20N2O3/c1-9(12(18)16-14(2,3)4)15-13(19)10-7-5-6-8-11(10)17/h5-9,17H,1-4H3,(H,15,19)(H,16,18). The predicted octanol–water partition coefficient (Wildman–Crippen LogP) is 1.43. The van der Waals surface area contributed by atoms with Crippen molar-refractivity contribution in [2.75, 3.05) is 0 Å². The van der Waals surface area contributed by atoms with Crippen LogP contribution in [0.3, 0.4) is 0 Å². The van der Waals surface area contributed by atoms with E-state index < -0.39 is 11.9 Å². The molecule has 1 rings (SSSR count). The van der Waals surface area contributed by atoms with Crippen molar-refractivity contribution in [2.24, 2.45) is 0 Å². The smallest absolute Gasteiger partial charge is 0.255 e. The van der Waals surface area contributed by atoms with Crippen molar-refractivity contribution < 1.29 is 14.7 Å². The zero-order valence-electron chi connectivity index (χ0n) is 11.7. The van der Waals surface area contributed by atoms with Crippen LogP contribution in [-0.2, 0) is 4.79 Å². The molecule has 5 heteroatoms. The van der Waals surface area contributed by atoms with E-state index in [0.717, 1.165) is 0 Å². The van der Waals surface area contributed by atoms with E-state index in [-0.39, 0.29) is 22.8 Å². The van der Waals surface area contributed by atoms with Gasteiger partial charge < -0.3 is 15.7 Å². The normalized spacial score (nSPS) is 12.6. The highest BCUT2D eigenvalue weighted by Crippen LogP contribution is 2.15. The van der Waals surface area contributed by atoms with Crippen LogP contribution >= 0.6 is 0 Å². The zero-order valence-corrected chi connectivity index (χ0v) is 11.7. The number of nitrogens with one attached hydrogen (secondary N) is 2. The number of carbonyl (C=O) groups excluding carboxylic acids is 2. The van der Waals surface area contributed by atoms with E-state index in [4.69, 9.17) is 0 Å². The molecule has 0 heterocycles. The van der Waals surface area contributed by atoms with E-state index in [0.29, 0.717) is 0 Å². The van der Waals surface area contributed by atoms with Gasteiger partial charge >= 0.3 is 0 Å². The molecule has 3 N–H and O–H groups in total. The molecule has 104 valence electrons. The van der Waals surface area contributed by atoms with Gasteiger partial charge in [0.1, 0.15) is 11.8 Å². The number of amides is 2. The molecule has 0 aliphatic rings. The Kier molecular flexibility index (Phi) is 4.53. The average Bonchev–Trinajstić information content (AvgIpc) is 2.27. The van der Waals surface area contributed by atoms with Gasteiger partial charge in [-0.1, -0.05) is 12.1 Å². The van der Waals surface area contributed by atoms with E-state index in [2.05, 4.69) is 10.6 Å². The van der Waals surface area contributed by atoms with Crippen molar-refractivity contribution in [1.82, 2.24) is 10.6 Å². The van der Waals surface area contributed by atoms with Gasteiger partial charge in [-0.15, -0.1) is 0 Å². The molecule has 19 heavy (non-hydrogen) atoms. The third kappa shape index (κ3) is 4.62. The van der Waals surface area contributed by atoms with Crippen LogP contribution in [-0.4, -0.2) is 28.5 Å². The Hall–Kier alpha value is -2.04. The third-order valence-electron chi connectivity index (χ3n) is 2.39. The van der Waals surface area contributed by atoms with Crippen molar-refractivity contribution in [2.45, 2.75) is 39.3 Å². The number of para-hydroxylation sites is 1. The largest absolute Gasteiger partial charge is 0.507 e. The molecule has 0 spiro atoms. The van der Waals surface area contributed by atoms with Gasteiger partial charge in [0.05, 0.1) is 5.56 Å². The lowest BCUT2D eigenvalue weighted by Crippen LogP contribution is -2.50. The summed E-state index contributed by atoms with van der Waals surface area (Å²) >= 11 is 0. The second kappa shape index (κ2) is 5.73. The molecule has 0 bridgehead atoms. The number of aromatic hydroxyl groups is 1. The van der Waals surface area contributed by atoms with Crippen molar-refractivity contribution in [3.63, 3.8) is 0 Å². The van der Waals surface area contributed by atoms with Gasteiger partial charge in [0.15, 0.2) is 0 Å². The summed E-state index contributed by atoms with van der Waals surface area (Å²) in [5, 5.41) is 14.9. The lowest BCUT2D eigenvalue weighted by Gasteiger charge is -2.23. The Morgan fingerprint density at radius 3 is 2.32 bits per heavy atom. The number of rotatable bonds is 3. The molecule has 0 saturated carbocycles. The summed E-state index contributed by atoms with van der Waals surface area (Å²) in [6, 6.07) is 5.52. The quantitative estimate of drug-likeness (QED) is 0.772. The van der Waals surface area contributed by atoms with Crippen molar-refractivity contribution in [3.8, 4) is 5.75 Å². The van der Waals surface area contributed by atoms with E-state index in [1.807, 2.05) is 20.8 Å². The van der Waals surface area contributed by atoms with Crippen LogP contribution in [0.5, 0.6) is 5.75 Å². The molecule has 0 aliphatic heterocycles. The molecule has 1 atom stereocenters. The van der Waals surface area contributed by atoms with Crippen LogP contribution in [0.2, 0.25) is 0 Å². The molecule has 0 aromatic heterocycles.